The summed E-state index contributed by atoms with van der Waals surface area (Å²) < 4.78 is 10.4. The number of carbonyl (C=O) groups is 1. The molecule has 0 aliphatic carbocycles. The second-order valence-corrected chi connectivity index (χ2v) is 5.31. The minimum atomic E-state index is -0.0125. The van der Waals surface area contributed by atoms with E-state index in [0.29, 0.717) is 35.3 Å². The second-order valence-electron chi connectivity index (χ2n) is 4.91. The fourth-order valence-corrected chi connectivity index (χ4v) is 2.21. The van der Waals surface area contributed by atoms with Crippen LogP contribution in [-0.4, -0.2) is 44.7 Å². The van der Waals surface area contributed by atoms with Gasteiger partial charge in [0, 0.05) is 25.2 Å². The number of nitrogens with zero attached hydrogens (tertiary/aromatic N) is 1. The molecule has 1 amide bonds. The lowest BCUT2D eigenvalue weighted by atomic mass is 10.2. The van der Waals surface area contributed by atoms with E-state index >= 15 is 0 Å². The van der Waals surface area contributed by atoms with E-state index in [4.69, 9.17) is 21.1 Å². The quantitative estimate of drug-likeness (QED) is 0.745. The molecule has 0 spiro atoms. The van der Waals surface area contributed by atoms with Crippen LogP contribution in [0.5, 0.6) is 11.5 Å². The Hall–Kier alpha value is -1.88. The molecule has 0 fully saturated rings. The van der Waals surface area contributed by atoms with Crippen molar-refractivity contribution in [3.05, 3.63) is 29.3 Å². The zero-order valence-corrected chi connectivity index (χ0v) is 14.3. The molecule has 5 nitrogen and oxygen atoms in total. The molecule has 1 rings (SSSR count). The van der Waals surface area contributed by atoms with Crippen molar-refractivity contribution in [1.29, 1.82) is 0 Å². The highest BCUT2D eigenvalue weighted by molar-refractivity contribution is 6.32. The lowest BCUT2D eigenvalue weighted by Gasteiger charge is -2.22. The number of nitrogens with one attached hydrogen (secondary N) is 1. The van der Waals surface area contributed by atoms with Crippen molar-refractivity contribution in [2.75, 3.05) is 39.2 Å². The van der Waals surface area contributed by atoms with E-state index in [2.05, 4.69) is 11.9 Å². The summed E-state index contributed by atoms with van der Waals surface area (Å²) in [6.45, 7) is 9.02. The maximum absolute atomic E-state index is 12.2. The number of methoxy groups -OCH3 is 2. The Morgan fingerprint density at radius 2 is 1.95 bits per heavy atom. The van der Waals surface area contributed by atoms with Crippen LogP contribution in [0.15, 0.2) is 24.3 Å². The Labute approximate surface area is 136 Å². The van der Waals surface area contributed by atoms with Crippen molar-refractivity contribution in [3.63, 3.8) is 0 Å². The normalized spacial score (nSPS) is 10.0. The number of anilines is 1. The van der Waals surface area contributed by atoms with Crippen LogP contribution in [0, 0.1) is 0 Å². The van der Waals surface area contributed by atoms with Crippen molar-refractivity contribution < 1.29 is 14.3 Å². The Balaban J connectivity index is 2.82. The van der Waals surface area contributed by atoms with Crippen LogP contribution in [0.2, 0.25) is 5.02 Å². The van der Waals surface area contributed by atoms with Gasteiger partial charge in [-0.3, -0.25) is 4.79 Å². The summed E-state index contributed by atoms with van der Waals surface area (Å²) in [7, 11) is 3.08. The van der Waals surface area contributed by atoms with E-state index in [0.717, 1.165) is 5.57 Å². The van der Waals surface area contributed by atoms with E-state index in [9.17, 15) is 4.79 Å². The summed E-state index contributed by atoms with van der Waals surface area (Å²) in [6.07, 6.45) is 0. The predicted octanol–water partition coefficient (Wildman–Crippen LogP) is 3.19. The number of hydrogen-bond donors (Lipinski definition) is 1. The van der Waals surface area contributed by atoms with Gasteiger partial charge in [-0.05, 0) is 13.8 Å². The van der Waals surface area contributed by atoms with Crippen molar-refractivity contribution in [1.82, 2.24) is 4.90 Å². The molecular formula is C16H23ClN2O3. The zero-order valence-electron chi connectivity index (χ0n) is 13.5. The third kappa shape index (κ3) is 4.84. The van der Waals surface area contributed by atoms with Crippen LogP contribution in [0.4, 0.5) is 5.69 Å². The number of amides is 1. The summed E-state index contributed by atoms with van der Waals surface area (Å²) >= 11 is 6.06. The molecule has 1 aromatic carbocycles. The molecule has 0 saturated heterocycles. The Kier molecular flexibility index (Phi) is 7.05. The smallest absolute Gasteiger partial charge is 0.242 e. The van der Waals surface area contributed by atoms with Gasteiger partial charge in [-0.2, -0.15) is 0 Å². The van der Waals surface area contributed by atoms with Crippen LogP contribution in [0.25, 0.3) is 0 Å². The van der Waals surface area contributed by atoms with Gasteiger partial charge >= 0.3 is 0 Å². The van der Waals surface area contributed by atoms with Gasteiger partial charge in [-0.15, -0.1) is 0 Å². The van der Waals surface area contributed by atoms with E-state index in [1.165, 1.54) is 7.11 Å². The van der Waals surface area contributed by atoms with Crippen LogP contribution < -0.4 is 14.8 Å². The first kappa shape index (κ1) is 18.2. The minimum Gasteiger partial charge on any atom is -0.495 e. The van der Waals surface area contributed by atoms with Crippen molar-refractivity contribution in [2.45, 2.75) is 13.8 Å². The average Bonchev–Trinajstić information content (AvgIpc) is 2.50. The SMILES string of the molecule is C=C(C)CN(CC)C(=O)CNc1cc(OC)c(Cl)cc1OC. The van der Waals surface area contributed by atoms with Gasteiger partial charge in [0.1, 0.15) is 11.5 Å². The number of benzene rings is 1. The van der Waals surface area contributed by atoms with Gasteiger partial charge in [0.2, 0.25) is 5.91 Å². The summed E-state index contributed by atoms with van der Waals surface area (Å²) in [5.41, 5.74) is 1.60. The summed E-state index contributed by atoms with van der Waals surface area (Å²) in [5.74, 6) is 1.06. The van der Waals surface area contributed by atoms with E-state index < -0.39 is 0 Å². The first-order chi connectivity index (χ1) is 10.4. The number of halogens is 1. The molecule has 0 radical (unpaired) electrons. The first-order valence-corrected chi connectivity index (χ1v) is 7.38. The summed E-state index contributed by atoms with van der Waals surface area (Å²) in [5, 5.41) is 3.52. The van der Waals surface area contributed by atoms with Crippen LogP contribution in [0.1, 0.15) is 13.8 Å². The molecule has 6 heteroatoms. The first-order valence-electron chi connectivity index (χ1n) is 7.00. The standard InChI is InChI=1S/C16H23ClN2O3/c1-6-19(10-11(2)3)16(20)9-18-13-8-14(21-4)12(17)7-15(13)22-5/h7-8,18H,2,6,9-10H2,1,3-5H3. The third-order valence-corrected chi connectivity index (χ3v) is 3.39. The van der Waals surface area contributed by atoms with Crippen molar-refractivity contribution in [3.8, 4) is 11.5 Å². The number of rotatable bonds is 8. The highest BCUT2D eigenvalue weighted by atomic mass is 35.5. The molecule has 0 unspecified atom stereocenters. The molecule has 22 heavy (non-hydrogen) atoms. The predicted molar refractivity (Wildman–Crippen MR) is 90.1 cm³/mol. The molecule has 1 N–H and O–H groups in total. The fraction of sp³-hybridized carbons (Fsp3) is 0.438. The largest absolute Gasteiger partial charge is 0.495 e. The van der Waals surface area contributed by atoms with Crippen LogP contribution in [-0.2, 0) is 4.79 Å². The lowest BCUT2D eigenvalue weighted by molar-refractivity contribution is -0.128. The van der Waals surface area contributed by atoms with Crippen molar-refractivity contribution >= 4 is 23.2 Å². The number of likely N-dealkylation sites (N-methyl/N-ethyl adjacent to an activating group) is 1. The Morgan fingerprint density at radius 3 is 2.45 bits per heavy atom. The Bertz CT molecular complexity index is 546. The summed E-state index contributed by atoms with van der Waals surface area (Å²) in [4.78, 5) is 14.0. The van der Waals surface area contributed by atoms with E-state index in [1.807, 2.05) is 13.8 Å². The molecule has 122 valence electrons. The fourth-order valence-electron chi connectivity index (χ4n) is 1.98. The molecule has 1 aromatic rings. The van der Waals surface area contributed by atoms with Crippen LogP contribution in [0.3, 0.4) is 0 Å². The van der Waals surface area contributed by atoms with Gasteiger partial charge in [0.05, 0.1) is 31.5 Å². The molecule has 0 bridgehead atoms. The minimum absolute atomic E-state index is 0.0125. The van der Waals surface area contributed by atoms with Crippen molar-refractivity contribution in [2.24, 2.45) is 0 Å². The third-order valence-electron chi connectivity index (χ3n) is 3.10. The molecule has 0 aromatic heterocycles. The molecule has 0 saturated carbocycles. The lowest BCUT2D eigenvalue weighted by Crippen LogP contribution is -2.36. The number of hydrogen-bond acceptors (Lipinski definition) is 4. The maximum atomic E-state index is 12.2. The van der Waals surface area contributed by atoms with Gasteiger partial charge < -0.3 is 19.7 Å². The topological polar surface area (TPSA) is 50.8 Å². The van der Waals surface area contributed by atoms with Crippen LogP contribution >= 0.6 is 11.6 Å². The highest BCUT2D eigenvalue weighted by Crippen LogP contribution is 2.35. The number of ether oxygens (including phenoxy) is 2. The average molecular weight is 327 g/mol. The van der Waals surface area contributed by atoms with Gasteiger partial charge in [0.25, 0.3) is 0 Å². The highest BCUT2D eigenvalue weighted by Gasteiger charge is 2.14. The van der Waals surface area contributed by atoms with Gasteiger partial charge in [-0.25, -0.2) is 0 Å². The molecular weight excluding hydrogens is 304 g/mol. The van der Waals surface area contributed by atoms with Gasteiger partial charge in [-0.1, -0.05) is 23.8 Å². The maximum Gasteiger partial charge on any atom is 0.242 e. The second kappa shape index (κ2) is 8.54. The zero-order chi connectivity index (χ0) is 16.7. The molecule has 0 aliphatic heterocycles. The number of carbonyl (C=O) groups excluding carboxylic acids is 1. The van der Waals surface area contributed by atoms with Gasteiger partial charge in [0.15, 0.2) is 0 Å². The van der Waals surface area contributed by atoms with E-state index in [-0.39, 0.29) is 12.5 Å². The summed E-state index contributed by atoms with van der Waals surface area (Å²) in [6, 6.07) is 3.36. The molecule has 0 atom stereocenters. The molecule has 0 aliphatic rings. The monoisotopic (exact) mass is 326 g/mol. The molecule has 0 heterocycles. The van der Waals surface area contributed by atoms with E-state index in [1.54, 1.807) is 24.1 Å². The Morgan fingerprint density at radius 1 is 1.32 bits per heavy atom.